The monoisotopic (exact) mass is 332 g/mol. The number of carbonyl (C=O) groups is 2. The van der Waals surface area contributed by atoms with Crippen molar-refractivity contribution in [3.05, 3.63) is 29.6 Å². The van der Waals surface area contributed by atoms with Crippen LogP contribution in [0.5, 0.6) is 0 Å². The Labute approximate surface area is 144 Å². The fourth-order valence-corrected chi connectivity index (χ4v) is 3.03. The molecule has 1 aliphatic rings. The van der Waals surface area contributed by atoms with Crippen LogP contribution >= 0.6 is 0 Å². The average molecular weight is 332 g/mol. The number of pyridine rings is 1. The lowest BCUT2D eigenvalue weighted by Gasteiger charge is -2.35. The maximum absolute atomic E-state index is 12.8. The number of likely N-dealkylation sites (tertiary alicyclic amines) is 1. The van der Waals surface area contributed by atoms with E-state index in [4.69, 9.17) is 0 Å². The van der Waals surface area contributed by atoms with Crippen molar-refractivity contribution in [1.82, 2.24) is 20.1 Å². The molecule has 1 N–H and O–H groups in total. The second-order valence-electron chi connectivity index (χ2n) is 6.55. The number of amides is 2. The summed E-state index contributed by atoms with van der Waals surface area (Å²) < 4.78 is 0. The summed E-state index contributed by atoms with van der Waals surface area (Å²) in [5.41, 5.74) is 0.841. The van der Waals surface area contributed by atoms with Gasteiger partial charge in [0.05, 0.1) is 0 Å². The van der Waals surface area contributed by atoms with Crippen LogP contribution < -0.4 is 5.32 Å². The second-order valence-corrected chi connectivity index (χ2v) is 6.55. The molecule has 1 aliphatic heterocycles. The van der Waals surface area contributed by atoms with Crippen LogP contribution in [0.4, 0.5) is 0 Å². The molecule has 0 aromatic carbocycles. The number of nitrogens with zero attached hydrogens (tertiary/aromatic N) is 3. The van der Waals surface area contributed by atoms with Crippen LogP contribution in [0.2, 0.25) is 0 Å². The van der Waals surface area contributed by atoms with Crippen molar-refractivity contribution >= 4 is 11.8 Å². The Morgan fingerprint density at radius 1 is 1.38 bits per heavy atom. The quantitative estimate of drug-likeness (QED) is 0.862. The van der Waals surface area contributed by atoms with Crippen molar-refractivity contribution in [2.75, 3.05) is 33.7 Å². The first-order chi connectivity index (χ1) is 11.5. The zero-order valence-corrected chi connectivity index (χ0v) is 14.9. The summed E-state index contributed by atoms with van der Waals surface area (Å²) >= 11 is 0. The Morgan fingerprint density at radius 3 is 2.88 bits per heavy atom. The lowest BCUT2D eigenvalue weighted by Crippen LogP contribution is -2.43. The van der Waals surface area contributed by atoms with E-state index in [1.165, 1.54) is 6.42 Å². The lowest BCUT2D eigenvalue weighted by molar-refractivity contribution is 0.0608. The molecule has 1 saturated heterocycles. The van der Waals surface area contributed by atoms with Gasteiger partial charge in [0.25, 0.3) is 11.8 Å². The molecule has 2 rings (SSSR count). The van der Waals surface area contributed by atoms with Crippen LogP contribution in [0, 0.1) is 0 Å². The first-order valence-electron chi connectivity index (χ1n) is 8.73. The van der Waals surface area contributed by atoms with Crippen molar-refractivity contribution in [1.29, 1.82) is 0 Å². The summed E-state index contributed by atoms with van der Waals surface area (Å²) in [6, 6.07) is 3.60. The zero-order chi connectivity index (χ0) is 17.5. The molecule has 1 atom stereocenters. The molecule has 0 spiro atoms. The van der Waals surface area contributed by atoms with E-state index in [0.29, 0.717) is 23.8 Å². The molecule has 0 saturated carbocycles. The minimum atomic E-state index is -0.239. The summed E-state index contributed by atoms with van der Waals surface area (Å²) in [7, 11) is 3.90. The van der Waals surface area contributed by atoms with Crippen molar-refractivity contribution in [3.8, 4) is 0 Å². The van der Waals surface area contributed by atoms with Crippen LogP contribution in [0.15, 0.2) is 18.3 Å². The molecule has 132 valence electrons. The molecule has 24 heavy (non-hydrogen) atoms. The number of likely N-dealkylation sites (N-methyl/N-ethyl adjacent to an activating group) is 1. The third-order valence-electron chi connectivity index (χ3n) is 4.44. The number of aromatic nitrogens is 1. The minimum absolute atomic E-state index is 0.00583. The summed E-state index contributed by atoms with van der Waals surface area (Å²) in [5.74, 6) is -0.233. The van der Waals surface area contributed by atoms with Crippen LogP contribution in [0.3, 0.4) is 0 Å². The first kappa shape index (κ1) is 18.4. The van der Waals surface area contributed by atoms with Gasteiger partial charge in [-0.2, -0.15) is 0 Å². The Morgan fingerprint density at radius 2 is 2.17 bits per heavy atom. The molecular weight excluding hydrogens is 304 g/mol. The fraction of sp³-hybridized carbons (Fsp3) is 0.611. The van der Waals surface area contributed by atoms with Gasteiger partial charge in [-0.1, -0.05) is 6.92 Å². The van der Waals surface area contributed by atoms with Crippen molar-refractivity contribution in [2.45, 2.75) is 38.6 Å². The SMILES string of the molecule is CCC1CCCCN1C(=O)c1ccnc(C(=O)NCCN(C)C)c1. The smallest absolute Gasteiger partial charge is 0.269 e. The number of piperidine rings is 1. The van der Waals surface area contributed by atoms with E-state index in [9.17, 15) is 9.59 Å². The molecule has 2 heterocycles. The highest BCUT2D eigenvalue weighted by Gasteiger charge is 2.26. The van der Waals surface area contributed by atoms with Crippen LogP contribution in [0.1, 0.15) is 53.5 Å². The molecule has 1 aromatic heterocycles. The molecule has 1 aromatic rings. The molecule has 1 unspecified atom stereocenters. The van der Waals surface area contributed by atoms with Gasteiger partial charge >= 0.3 is 0 Å². The highest BCUT2D eigenvalue weighted by molar-refractivity contribution is 5.98. The van der Waals surface area contributed by atoms with Gasteiger partial charge in [-0.3, -0.25) is 14.6 Å². The molecule has 6 heteroatoms. The topological polar surface area (TPSA) is 65.5 Å². The van der Waals surface area contributed by atoms with E-state index in [0.717, 1.165) is 32.4 Å². The standard InChI is InChI=1S/C18H28N4O2/c1-4-15-7-5-6-11-22(15)18(24)14-8-9-19-16(13-14)17(23)20-10-12-21(2)3/h8-9,13,15H,4-7,10-12H2,1-3H3,(H,20,23). The highest BCUT2D eigenvalue weighted by atomic mass is 16.2. The number of carbonyl (C=O) groups excluding carboxylic acids is 2. The van der Waals surface area contributed by atoms with E-state index in [2.05, 4.69) is 17.2 Å². The van der Waals surface area contributed by atoms with Gasteiger partial charge in [0, 0.05) is 37.4 Å². The average Bonchev–Trinajstić information content (AvgIpc) is 2.60. The molecule has 6 nitrogen and oxygen atoms in total. The lowest BCUT2D eigenvalue weighted by atomic mass is 9.99. The van der Waals surface area contributed by atoms with Gasteiger partial charge in [0.2, 0.25) is 0 Å². The normalized spacial score (nSPS) is 17.8. The molecule has 0 bridgehead atoms. The Balaban J connectivity index is 2.06. The molecule has 0 radical (unpaired) electrons. The van der Waals surface area contributed by atoms with Crippen LogP contribution in [0.25, 0.3) is 0 Å². The van der Waals surface area contributed by atoms with Gasteiger partial charge in [-0.25, -0.2) is 0 Å². The van der Waals surface area contributed by atoms with Crippen molar-refractivity contribution in [2.24, 2.45) is 0 Å². The van der Waals surface area contributed by atoms with E-state index in [-0.39, 0.29) is 11.8 Å². The van der Waals surface area contributed by atoms with E-state index in [1.807, 2.05) is 23.9 Å². The minimum Gasteiger partial charge on any atom is -0.349 e. The molecule has 0 aliphatic carbocycles. The summed E-state index contributed by atoms with van der Waals surface area (Å²) in [5, 5.41) is 2.83. The highest BCUT2D eigenvalue weighted by Crippen LogP contribution is 2.21. The zero-order valence-electron chi connectivity index (χ0n) is 14.9. The Bertz CT molecular complexity index is 574. The third kappa shape index (κ3) is 4.77. The van der Waals surface area contributed by atoms with Crippen molar-refractivity contribution < 1.29 is 9.59 Å². The molecule has 1 fully saturated rings. The van der Waals surface area contributed by atoms with Gasteiger partial charge in [0.1, 0.15) is 5.69 Å². The Kier molecular flexibility index (Phi) is 6.73. The van der Waals surface area contributed by atoms with Crippen molar-refractivity contribution in [3.63, 3.8) is 0 Å². The predicted octanol–water partition coefficient (Wildman–Crippen LogP) is 1.78. The van der Waals surface area contributed by atoms with Gasteiger partial charge in [-0.15, -0.1) is 0 Å². The van der Waals surface area contributed by atoms with Gasteiger partial charge in [-0.05, 0) is 51.9 Å². The fourth-order valence-electron chi connectivity index (χ4n) is 3.03. The van der Waals surface area contributed by atoms with Crippen LogP contribution in [-0.2, 0) is 0 Å². The number of hydrogen-bond acceptors (Lipinski definition) is 4. The van der Waals surface area contributed by atoms with E-state index < -0.39 is 0 Å². The van der Waals surface area contributed by atoms with Gasteiger partial charge in [0.15, 0.2) is 0 Å². The summed E-state index contributed by atoms with van der Waals surface area (Å²) in [6.45, 7) is 4.22. The summed E-state index contributed by atoms with van der Waals surface area (Å²) in [6.07, 6.45) is 5.79. The van der Waals surface area contributed by atoms with E-state index >= 15 is 0 Å². The molecular formula is C18H28N4O2. The molecule has 2 amide bonds. The predicted molar refractivity (Wildman–Crippen MR) is 94.1 cm³/mol. The first-order valence-corrected chi connectivity index (χ1v) is 8.73. The maximum Gasteiger partial charge on any atom is 0.269 e. The maximum atomic E-state index is 12.8. The number of nitrogens with one attached hydrogen (secondary N) is 1. The van der Waals surface area contributed by atoms with E-state index in [1.54, 1.807) is 18.3 Å². The third-order valence-corrected chi connectivity index (χ3v) is 4.44. The van der Waals surface area contributed by atoms with Gasteiger partial charge < -0.3 is 15.1 Å². The number of hydrogen-bond donors (Lipinski definition) is 1. The Hall–Kier alpha value is -1.95. The largest absolute Gasteiger partial charge is 0.349 e. The summed E-state index contributed by atoms with van der Waals surface area (Å²) in [4.78, 5) is 33.0. The number of rotatable bonds is 6. The van der Waals surface area contributed by atoms with Crippen LogP contribution in [-0.4, -0.2) is 66.4 Å². The second kappa shape index (κ2) is 8.78.